The number of hydrogen-bond acceptors (Lipinski definition) is 0. The molecule has 1 aromatic carbocycles. The third-order valence-electron chi connectivity index (χ3n) is 4.02. The van der Waals surface area contributed by atoms with Crippen LogP contribution in [0.25, 0.3) is 10.9 Å². The van der Waals surface area contributed by atoms with Crippen molar-refractivity contribution in [3.05, 3.63) is 36.0 Å². The average Bonchev–Trinajstić information content (AvgIpc) is 2.74. The van der Waals surface area contributed by atoms with E-state index in [0.717, 1.165) is 16.6 Å². The number of nitrogens with one attached hydrogen (secondary N) is 1. The van der Waals surface area contributed by atoms with Crippen LogP contribution in [0.3, 0.4) is 0 Å². The molecule has 0 unspecified atom stereocenters. The number of aromatic nitrogens is 1. The van der Waals surface area contributed by atoms with Gasteiger partial charge in [-0.05, 0) is 30.5 Å². The smallest absolute Gasteiger partial charge is 0.0454 e. The second-order valence-corrected chi connectivity index (χ2v) is 12.0. The Morgan fingerprint density at radius 3 is 1.85 bits per heavy atom. The quantitative estimate of drug-likeness (QED) is 0.675. The van der Waals surface area contributed by atoms with Crippen molar-refractivity contribution in [2.75, 3.05) is 0 Å². The highest BCUT2D eigenvalue weighted by atomic mass is 28.3. The van der Waals surface area contributed by atoms with Gasteiger partial charge < -0.3 is 4.98 Å². The Hall–Kier alpha value is -1.02. The maximum Gasteiger partial charge on any atom is 0.0454 e. The topological polar surface area (TPSA) is 15.8 Å². The van der Waals surface area contributed by atoms with Crippen LogP contribution in [0.1, 0.15) is 47.1 Å². The Bertz CT molecular complexity index is 492. The Morgan fingerprint density at radius 2 is 1.40 bits per heavy atom. The summed E-state index contributed by atoms with van der Waals surface area (Å²) in [5.74, 6) is 0. The highest BCUT2D eigenvalue weighted by Gasteiger charge is 2.22. The first kappa shape index (κ1) is 17.0. The van der Waals surface area contributed by atoms with Crippen molar-refractivity contribution >= 4 is 19.7 Å². The lowest BCUT2D eigenvalue weighted by Crippen LogP contribution is -2.24. The molecule has 0 amide bonds. The molecule has 20 heavy (non-hydrogen) atoms. The van der Waals surface area contributed by atoms with Crippen LogP contribution in [0.5, 0.6) is 0 Å². The molecule has 0 atom stereocenters. The second-order valence-electron chi connectivity index (χ2n) is 6.88. The van der Waals surface area contributed by atoms with Crippen LogP contribution >= 0.6 is 0 Å². The molecular weight excluding hydrogens is 258 g/mol. The van der Waals surface area contributed by atoms with Gasteiger partial charge in [0, 0.05) is 20.5 Å². The number of fused-ring (bicyclic) bond motifs is 1. The van der Waals surface area contributed by atoms with Crippen molar-refractivity contribution in [1.82, 2.24) is 4.98 Å². The monoisotopic (exact) mass is 289 g/mol. The summed E-state index contributed by atoms with van der Waals surface area (Å²) < 4.78 is 0. The standard InChI is InChI=1S/C9H9N.C9H22Si/c1-7-2-3-9-8(6-7)4-5-10-9;1-7(2)10(8(3)4)9(5)6/h2-6,10H,1H3;7-10H,1-6H3. The first-order valence-electron chi connectivity index (χ1n) is 7.86. The summed E-state index contributed by atoms with van der Waals surface area (Å²) in [4.78, 5) is 3.15. The summed E-state index contributed by atoms with van der Waals surface area (Å²) in [5.41, 5.74) is 5.44. The minimum atomic E-state index is -0.454. The molecule has 2 rings (SSSR count). The lowest BCUT2D eigenvalue weighted by molar-refractivity contribution is 0.863. The molecule has 2 aromatic rings. The zero-order chi connectivity index (χ0) is 15.3. The molecule has 0 aliphatic heterocycles. The van der Waals surface area contributed by atoms with Crippen molar-refractivity contribution in [3.8, 4) is 0 Å². The average molecular weight is 290 g/mol. The van der Waals surface area contributed by atoms with Crippen molar-refractivity contribution in [1.29, 1.82) is 0 Å². The summed E-state index contributed by atoms with van der Waals surface area (Å²) >= 11 is 0. The van der Waals surface area contributed by atoms with Gasteiger partial charge in [-0.15, -0.1) is 0 Å². The van der Waals surface area contributed by atoms with E-state index in [2.05, 4.69) is 77.7 Å². The third-order valence-corrected chi connectivity index (χ3v) is 8.64. The largest absolute Gasteiger partial charge is 0.361 e. The van der Waals surface area contributed by atoms with Crippen molar-refractivity contribution in [2.45, 2.75) is 65.1 Å². The molecule has 1 N–H and O–H groups in total. The molecule has 0 saturated heterocycles. The number of benzene rings is 1. The number of aromatic amines is 1. The van der Waals surface area contributed by atoms with E-state index in [1.54, 1.807) is 0 Å². The molecule has 1 heterocycles. The van der Waals surface area contributed by atoms with Crippen molar-refractivity contribution < 1.29 is 0 Å². The van der Waals surface area contributed by atoms with E-state index >= 15 is 0 Å². The number of hydrogen-bond donors (Lipinski definition) is 1. The van der Waals surface area contributed by atoms with Crippen molar-refractivity contribution in [3.63, 3.8) is 0 Å². The number of aryl methyl sites for hydroxylation is 1. The van der Waals surface area contributed by atoms with Crippen LogP contribution in [0.15, 0.2) is 30.5 Å². The van der Waals surface area contributed by atoms with E-state index < -0.39 is 8.80 Å². The first-order valence-corrected chi connectivity index (χ1v) is 9.86. The van der Waals surface area contributed by atoms with E-state index in [1.165, 1.54) is 16.5 Å². The number of H-pyrrole nitrogens is 1. The van der Waals surface area contributed by atoms with Gasteiger partial charge in [0.2, 0.25) is 0 Å². The van der Waals surface area contributed by atoms with Gasteiger partial charge in [0.1, 0.15) is 0 Å². The predicted molar refractivity (Wildman–Crippen MR) is 95.5 cm³/mol. The number of rotatable bonds is 3. The summed E-state index contributed by atoms with van der Waals surface area (Å²) in [6.45, 7) is 16.4. The van der Waals surface area contributed by atoms with Crippen LogP contribution < -0.4 is 0 Å². The molecule has 0 spiro atoms. The minimum absolute atomic E-state index is 0.454. The fraction of sp³-hybridized carbons (Fsp3) is 0.556. The molecular formula is C18H31NSi. The van der Waals surface area contributed by atoms with Gasteiger partial charge in [-0.2, -0.15) is 0 Å². The molecule has 0 saturated carbocycles. The summed E-state index contributed by atoms with van der Waals surface area (Å²) in [5, 5.41) is 1.29. The normalized spacial score (nSPS) is 11.6. The Balaban J connectivity index is 0.000000200. The molecule has 112 valence electrons. The molecule has 0 radical (unpaired) electrons. The van der Waals surface area contributed by atoms with E-state index in [1.807, 2.05) is 6.20 Å². The molecule has 2 heteroatoms. The summed E-state index contributed by atoms with van der Waals surface area (Å²) in [7, 11) is -0.454. The second kappa shape index (κ2) is 7.68. The van der Waals surface area contributed by atoms with Crippen LogP contribution in [-0.4, -0.2) is 13.8 Å². The lowest BCUT2D eigenvalue weighted by Gasteiger charge is -2.26. The predicted octanol–water partition coefficient (Wildman–Crippen LogP) is 5.92. The van der Waals surface area contributed by atoms with Gasteiger partial charge in [0.05, 0.1) is 0 Å². The molecule has 0 bridgehead atoms. The van der Waals surface area contributed by atoms with Gasteiger partial charge in [-0.1, -0.05) is 69.8 Å². The van der Waals surface area contributed by atoms with Gasteiger partial charge in [0.15, 0.2) is 0 Å². The van der Waals surface area contributed by atoms with E-state index in [-0.39, 0.29) is 0 Å². The zero-order valence-corrected chi connectivity index (χ0v) is 15.4. The van der Waals surface area contributed by atoms with Crippen LogP contribution in [0.4, 0.5) is 0 Å². The molecule has 0 fully saturated rings. The van der Waals surface area contributed by atoms with Crippen molar-refractivity contribution in [2.24, 2.45) is 0 Å². The Morgan fingerprint density at radius 1 is 0.850 bits per heavy atom. The minimum Gasteiger partial charge on any atom is -0.361 e. The summed E-state index contributed by atoms with van der Waals surface area (Å²) in [6.07, 6.45) is 1.96. The fourth-order valence-corrected chi connectivity index (χ4v) is 8.10. The first-order chi connectivity index (χ1) is 9.32. The summed E-state index contributed by atoms with van der Waals surface area (Å²) in [6, 6.07) is 8.47. The SMILES string of the molecule is CC(C)[SiH](C(C)C)C(C)C.Cc1ccc2[nH]ccc2c1. The zero-order valence-electron chi connectivity index (χ0n) is 14.2. The molecule has 1 aromatic heterocycles. The fourth-order valence-electron chi connectivity index (χ4n) is 3.48. The van der Waals surface area contributed by atoms with Gasteiger partial charge in [-0.25, -0.2) is 0 Å². The van der Waals surface area contributed by atoms with Crippen LogP contribution in [0, 0.1) is 6.92 Å². The molecule has 0 aliphatic rings. The molecule has 1 nitrogen and oxygen atoms in total. The molecule has 0 aliphatic carbocycles. The Labute approximate surface area is 126 Å². The van der Waals surface area contributed by atoms with E-state index in [9.17, 15) is 0 Å². The van der Waals surface area contributed by atoms with Gasteiger partial charge in [-0.3, -0.25) is 0 Å². The highest BCUT2D eigenvalue weighted by molar-refractivity contribution is 6.63. The highest BCUT2D eigenvalue weighted by Crippen LogP contribution is 2.29. The lowest BCUT2D eigenvalue weighted by atomic mass is 10.2. The van der Waals surface area contributed by atoms with E-state index in [0.29, 0.717) is 0 Å². The maximum atomic E-state index is 3.15. The maximum absolute atomic E-state index is 3.15. The van der Waals surface area contributed by atoms with E-state index in [4.69, 9.17) is 0 Å². The van der Waals surface area contributed by atoms with Crippen LogP contribution in [0.2, 0.25) is 16.6 Å². The van der Waals surface area contributed by atoms with Crippen LogP contribution in [-0.2, 0) is 0 Å². The Kier molecular flexibility index (Phi) is 6.54. The van der Waals surface area contributed by atoms with Gasteiger partial charge in [0.25, 0.3) is 0 Å². The third kappa shape index (κ3) is 4.82. The van der Waals surface area contributed by atoms with Gasteiger partial charge >= 0.3 is 0 Å².